The Morgan fingerprint density at radius 2 is 1.77 bits per heavy atom. The van der Waals surface area contributed by atoms with E-state index in [2.05, 4.69) is 46.7 Å². The smallest absolute Gasteiger partial charge is 0.238 e. The van der Waals surface area contributed by atoms with Crippen molar-refractivity contribution in [1.82, 2.24) is 10.2 Å². The van der Waals surface area contributed by atoms with Crippen LogP contribution in [0.4, 0.5) is 5.69 Å². The zero-order chi connectivity index (χ0) is 18.2. The minimum absolute atomic E-state index is 0.0336. The number of ether oxygens (including phenoxy) is 1. The maximum absolute atomic E-state index is 12.2. The maximum atomic E-state index is 12.2. The second kappa shape index (κ2) is 9.48. The molecule has 2 N–H and O–H groups in total. The van der Waals surface area contributed by atoms with Gasteiger partial charge in [-0.25, -0.2) is 0 Å². The molecule has 2 aromatic carbocycles. The van der Waals surface area contributed by atoms with Gasteiger partial charge in [-0.05, 0) is 30.2 Å². The highest BCUT2D eigenvalue weighted by Crippen LogP contribution is 2.13. The fourth-order valence-electron chi connectivity index (χ4n) is 3.02. The van der Waals surface area contributed by atoms with Crippen molar-refractivity contribution in [3.05, 3.63) is 65.7 Å². The third-order valence-corrected chi connectivity index (χ3v) is 4.62. The van der Waals surface area contributed by atoms with Crippen LogP contribution in [-0.4, -0.2) is 43.7 Å². The number of carbonyl (C=O) groups excluding carboxylic acids is 1. The average molecular weight is 353 g/mol. The summed E-state index contributed by atoms with van der Waals surface area (Å²) >= 11 is 0. The summed E-state index contributed by atoms with van der Waals surface area (Å²) in [5.74, 6) is -0.0336. The Bertz CT molecular complexity index is 682. The van der Waals surface area contributed by atoms with E-state index < -0.39 is 0 Å². The Morgan fingerprint density at radius 3 is 2.46 bits per heavy atom. The van der Waals surface area contributed by atoms with Gasteiger partial charge in [-0.1, -0.05) is 42.5 Å². The molecule has 1 amide bonds. The van der Waals surface area contributed by atoms with Crippen molar-refractivity contribution in [3.63, 3.8) is 0 Å². The molecule has 0 radical (unpaired) electrons. The van der Waals surface area contributed by atoms with Gasteiger partial charge in [0.05, 0.1) is 19.8 Å². The van der Waals surface area contributed by atoms with Gasteiger partial charge >= 0.3 is 0 Å². The number of carbonyl (C=O) groups is 1. The predicted octanol–water partition coefficient (Wildman–Crippen LogP) is 2.81. The van der Waals surface area contributed by atoms with Gasteiger partial charge in [0.25, 0.3) is 0 Å². The Hall–Kier alpha value is -2.21. The van der Waals surface area contributed by atoms with Crippen LogP contribution in [0.3, 0.4) is 0 Å². The van der Waals surface area contributed by atoms with E-state index in [1.54, 1.807) is 0 Å². The van der Waals surface area contributed by atoms with Crippen molar-refractivity contribution >= 4 is 11.6 Å². The first-order valence-corrected chi connectivity index (χ1v) is 9.18. The minimum Gasteiger partial charge on any atom is -0.379 e. The van der Waals surface area contributed by atoms with Crippen molar-refractivity contribution in [2.45, 2.75) is 19.5 Å². The van der Waals surface area contributed by atoms with Crippen LogP contribution in [-0.2, 0) is 16.1 Å². The van der Waals surface area contributed by atoms with Crippen LogP contribution in [0.1, 0.15) is 24.1 Å². The predicted molar refractivity (Wildman–Crippen MR) is 104 cm³/mol. The standard InChI is InChI=1S/C21H27N3O2/c1-17(19-5-3-2-4-6-19)22-15-21(25)23-20-9-7-18(8-10-20)16-24-11-13-26-14-12-24/h2-10,17,22H,11-16H2,1H3,(H,23,25)/t17-/m0/s1. The Balaban J connectivity index is 1.43. The summed E-state index contributed by atoms with van der Waals surface area (Å²) in [7, 11) is 0. The van der Waals surface area contributed by atoms with Gasteiger partial charge < -0.3 is 15.4 Å². The number of nitrogens with one attached hydrogen (secondary N) is 2. The van der Waals surface area contributed by atoms with E-state index in [1.807, 2.05) is 30.3 Å². The molecule has 0 spiro atoms. The molecule has 0 saturated carbocycles. The van der Waals surface area contributed by atoms with Gasteiger partial charge in [0.15, 0.2) is 0 Å². The molecule has 5 heteroatoms. The third-order valence-electron chi connectivity index (χ3n) is 4.62. The van der Waals surface area contributed by atoms with E-state index in [0.717, 1.165) is 38.5 Å². The van der Waals surface area contributed by atoms with Gasteiger partial charge in [-0.15, -0.1) is 0 Å². The van der Waals surface area contributed by atoms with Crippen molar-refractivity contribution in [2.75, 3.05) is 38.2 Å². The van der Waals surface area contributed by atoms with Crippen molar-refractivity contribution in [3.8, 4) is 0 Å². The molecule has 1 atom stereocenters. The second-order valence-electron chi connectivity index (χ2n) is 6.65. The summed E-state index contributed by atoms with van der Waals surface area (Å²) in [5, 5.41) is 6.20. The summed E-state index contributed by atoms with van der Waals surface area (Å²) in [6.07, 6.45) is 0. The number of hydrogen-bond donors (Lipinski definition) is 2. The molecule has 1 saturated heterocycles. The highest BCUT2D eigenvalue weighted by molar-refractivity contribution is 5.92. The Labute approximate surface area is 155 Å². The normalized spacial score (nSPS) is 16.2. The summed E-state index contributed by atoms with van der Waals surface area (Å²) in [4.78, 5) is 14.5. The number of amides is 1. The molecular weight excluding hydrogens is 326 g/mol. The molecule has 0 unspecified atom stereocenters. The van der Waals surface area contributed by atoms with E-state index in [4.69, 9.17) is 4.74 Å². The number of morpholine rings is 1. The molecule has 1 heterocycles. The van der Waals surface area contributed by atoms with Gasteiger partial charge in [-0.3, -0.25) is 9.69 Å². The first-order chi connectivity index (χ1) is 12.7. The van der Waals surface area contributed by atoms with Crippen LogP contribution in [0.5, 0.6) is 0 Å². The minimum atomic E-state index is -0.0336. The molecule has 2 aromatic rings. The fourth-order valence-corrected chi connectivity index (χ4v) is 3.02. The van der Waals surface area contributed by atoms with E-state index in [-0.39, 0.29) is 18.5 Å². The number of nitrogens with zero attached hydrogens (tertiary/aromatic N) is 1. The number of benzene rings is 2. The quantitative estimate of drug-likeness (QED) is 0.804. The van der Waals surface area contributed by atoms with Crippen LogP contribution in [0.15, 0.2) is 54.6 Å². The molecule has 1 fully saturated rings. The van der Waals surface area contributed by atoms with Gasteiger partial charge in [-0.2, -0.15) is 0 Å². The Kier molecular flexibility index (Phi) is 6.77. The lowest BCUT2D eigenvalue weighted by Gasteiger charge is -2.26. The zero-order valence-electron chi connectivity index (χ0n) is 15.3. The maximum Gasteiger partial charge on any atom is 0.238 e. The van der Waals surface area contributed by atoms with E-state index in [0.29, 0.717) is 0 Å². The van der Waals surface area contributed by atoms with Crippen LogP contribution in [0.2, 0.25) is 0 Å². The topological polar surface area (TPSA) is 53.6 Å². The SMILES string of the molecule is C[C@H](NCC(=O)Nc1ccc(CN2CCOCC2)cc1)c1ccccc1. The van der Waals surface area contributed by atoms with E-state index in [1.165, 1.54) is 11.1 Å². The highest BCUT2D eigenvalue weighted by atomic mass is 16.5. The zero-order valence-corrected chi connectivity index (χ0v) is 15.3. The van der Waals surface area contributed by atoms with Crippen LogP contribution in [0.25, 0.3) is 0 Å². The number of rotatable bonds is 7. The monoisotopic (exact) mass is 353 g/mol. The highest BCUT2D eigenvalue weighted by Gasteiger charge is 2.11. The molecule has 0 bridgehead atoms. The number of anilines is 1. The molecule has 26 heavy (non-hydrogen) atoms. The van der Waals surface area contributed by atoms with Gasteiger partial charge in [0, 0.05) is 31.4 Å². The largest absolute Gasteiger partial charge is 0.379 e. The summed E-state index contributed by atoms with van der Waals surface area (Å²) in [5.41, 5.74) is 3.25. The summed E-state index contributed by atoms with van der Waals surface area (Å²) in [6.45, 7) is 6.83. The molecule has 0 aromatic heterocycles. The first-order valence-electron chi connectivity index (χ1n) is 9.18. The average Bonchev–Trinajstić information content (AvgIpc) is 2.69. The molecule has 1 aliphatic heterocycles. The molecule has 0 aliphatic carbocycles. The first kappa shape index (κ1) is 18.6. The van der Waals surface area contributed by atoms with Crippen molar-refractivity contribution in [1.29, 1.82) is 0 Å². The lowest BCUT2D eigenvalue weighted by atomic mass is 10.1. The van der Waals surface area contributed by atoms with E-state index in [9.17, 15) is 4.79 Å². The molecule has 1 aliphatic rings. The Morgan fingerprint density at radius 1 is 1.08 bits per heavy atom. The fraction of sp³-hybridized carbons (Fsp3) is 0.381. The van der Waals surface area contributed by atoms with Gasteiger partial charge in [0.2, 0.25) is 5.91 Å². The third kappa shape index (κ3) is 5.66. The van der Waals surface area contributed by atoms with E-state index >= 15 is 0 Å². The molecular formula is C21H27N3O2. The molecule has 3 rings (SSSR count). The molecule has 138 valence electrons. The van der Waals surface area contributed by atoms with Crippen LogP contribution in [0, 0.1) is 0 Å². The van der Waals surface area contributed by atoms with Gasteiger partial charge in [0.1, 0.15) is 0 Å². The molecule has 5 nitrogen and oxygen atoms in total. The summed E-state index contributed by atoms with van der Waals surface area (Å²) in [6, 6.07) is 18.3. The van der Waals surface area contributed by atoms with Crippen LogP contribution >= 0.6 is 0 Å². The number of hydrogen-bond acceptors (Lipinski definition) is 4. The van der Waals surface area contributed by atoms with Crippen molar-refractivity contribution < 1.29 is 9.53 Å². The van der Waals surface area contributed by atoms with Crippen molar-refractivity contribution in [2.24, 2.45) is 0 Å². The second-order valence-corrected chi connectivity index (χ2v) is 6.65. The summed E-state index contributed by atoms with van der Waals surface area (Å²) < 4.78 is 5.37. The lowest BCUT2D eigenvalue weighted by molar-refractivity contribution is -0.115. The lowest BCUT2D eigenvalue weighted by Crippen LogP contribution is -2.35. The van der Waals surface area contributed by atoms with Crippen LogP contribution < -0.4 is 10.6 Å².